The van der Waals surface area contributed by atoms with Crippen LogP contribution in [0.25, 0.3) is 10.9 Å². The summed E-state index contributed by atoms with van der Waals surface area (Å²) in [5.74, 6) is -1.12. The number of carbonyl (C=O) groups is 2. The van der Waals surface area contributed by atoms with E-state index in [1.807, 2.05) is 12.3 Å². The molecule has 1 aliphatic rings. The Bertz CT molecular complexity index is 1050. The van der Waals surface area contributed by atoms with E-state index < -0.39 is 12.1 Å². The second-order valence-electron chi connectivity index (χ2n) is 6.44. The topological polar surface area (TPSA) is 71.2 Å². The lowest BCUT2D eigenvalue weighted by atomic mass is 9.98. The maximum absolute atomic E-state index is 13.4. The van der Waals surface area contributed by atoms with Gasteiger partial charge >= 0.3 is 5.97 Å². The number of rotatable bonds is 4. The molecule has 0 aliphatic carbocycles. The Morgan fingerprint density at radius 2 is 2.15 bits per heavy atom. The van der Waals surface area contributed by atoms with Crippen LogP contribution in [-0.4, -0.2) is 29.5 Å². The Morgan fingerprint density at radius 3 is 3.00 bits per heavy atom. The Balaban J connectivity index is 1.39. The second-order valence-corrected chi connectivity index (χ2v) is 7.36. The smallest absolute Gasteiger partial charge is 0.339 e. The summed E-state index contributed by atoms with van der Waals surface area (Å²) in [5, 5.41) is 3.60. The molecule has 4 rings (SSSR count). The van der Waals surface area contributed by atoms with Crippen LogP contribution in [-0.2, 0) is 22.4 Å². The molecule has 1 unspecified atom stereocenters. The third-order valence-corrected chi connectivity index (χ3v) is 5.15. The normalized spacial score (nSPS) is 16.1. The highest BCUT2D eigenvalue weighted by molar-refractivity contribution is 9.10. The minimum Gasteiger partial charge on any atom is -0.448 e. The van der Waals surface area contributed by atoms with Crippen molar-refractivity contribution in [2.75, 3.05) is 6.54 Å². The maximum Gasteiger partial charge on any atom is 0.339 e. The summed E-state index contributed by atoms with van der Waals surface area (Å²) in [6.07, 6.45) is 1.84. The Kier molecular flexibility index (Phi) is 4.70. The van der Waals surface area contributed by atoms with Gasteiger partial charge in [0.25, 0.3) is 5.91 Å². The first kappa shape index (κ1) is 17.7. The zero-order valence-electron chi connectivity index (χ0n) is 14.2. The molecule has 0 spiro atoms. The standard InChI is InChI=1S/C20H16BrFN2O3/c21-13-1-3-15-12(7-13)8-18(27-20(15)26)19(25)23-6-5-11-10-24-17-4-2-14(22)9-16(11)17/h1-4,7,9-10,18,24H,5-6,8H2,(H,23,25). The van der Waals surface area contributed by atoms with E-state index in [9.17, 15) is 14.0 Å². The van der Waals surface area contributed by atoms with Crippen LogP contribution in [0.2, 0.25) is 0 Å². The van der Waals surface area contributed by atoms with Crippen molar-refractivity contribution in [1.29, 1.82) is 0 Å². The first-order valence-electron chi connectivity index (χ1n) is 8.54. The molecule has 0 radical (unpaired) electrons. The first-order valence-corrected chi connectivity index (χ1v) is 9.33. The first-order chi connectivity index (χ1) is 13.0. The van der Waals surface area contributed by atoms with E-state index in [2.05, 4.69) is 26.2 Å². The summed E-state index contributed by atoms with van der Waals surface area (Å²) in [5.41, 5.74) is 3.04. The van der Waals surface area contributed by atoms with Gasteiger partial charge < -0.3 is 15.0 Å². The van der Waals surface area contributed by atoms with E-state index >= 15 is 0 Å². The summed E-state index contributed by atoms with van der Waals surface area (Å²) in [6, 6.07) is 9.84. The van der Waals surface area contributed by atoms with Gasteiger partial charge in [0.2, 0.25) is 0 Å². The predicted molar refractivity (Wildman–Crippen MR) is 102 cm³/mol. The van der Waals surface area contributed by atoms with Gasteiger partial charge in [0.1, 0.15) is 5.82 Å². The van der Waals surface area contributed by atoms with Gasteiger partial charge in [-0.05, 0) is 53.9 Å². The second kappa shape index (κ2) is 7.15. The van der Waals surface area contributed by atoms with E-state index in [1.54, 1.807) is 18.2 Å². The van der Waals surface area contributed by atoms with Crippen molar-refractivity contribution in [2.24, 2.45) is 0 Å². The number of halogens is 2. The molecule has 1 amide bonds. The third-order valence-electron chi connectivity index (χ3n) is 4.66. The molecular weight excluding hydrogens is 415 g/mol. The van der Waals surface area contributed by atoms with E-state index in [-0.39, 0.29) is 11.7 Å². The summed E-state index contributed by atoms with van der Waals surface area (Å²) >= 11 is 3.37. The van der Waals surface area contributed by atoms with Crippen molar-refractivity contribution in [3.63, 3.8) is 0 Å². The highest BCUT2D eigenvalue weighted by Crippen LogP contribution is 2.24. The molecule has 27 heavy (non-hydrogen) atoms. The third kappa shape index (κ3) is 3.60. The highest BCUT2D eigenvalue weighted by atomic mass is 79.9. The average Bonchev–Trinajstić information content (AvgIpc) is 3.03. The number of hydrogen-bond donors (Lipinski definition) is 2. The predicted octanol–water partition coefficient (Wildman–Crippen LogP) is 3.51. The van der Waals surface area contributed by atoms with Gasteiger partial charge in [-0.3, -0.25) is 4.79 Å². The highest BCUT2D eigenvalue weighted by Gasteiger charge is 2.31. The maximum atomic E-state index is 13.4. The summed E-state index contributed by atoms with van der Waals surface area (Å²) < 4.78 is 19.6. The van der Waals surface area contributed by atoms with Crippen LogP contribution >= 0.6 is 15.9 Å². The molecule has 2 N–H and O–H groups in total. The SMILES string of the molecule is O=C1OC(C(=O)NCCc2c[nH]c3ccc(F)cc23)Cc2cc(Br)ccc21. The lowest BCUT2D eigenvalue weighted by Gasteiger charge is -2.24. The van der Waals surface area contributed by atoms with Crippen molar-refractivity contribution in [1.82, 2.24) is 10.3 Å². The molecule has 0 bridgehead atoms. The fourth-order valence-corrected chi connectivity index (χ4v) is 3.71. The Hall–Kier alpha value is -2.67. The number of esters is 1. The number of hydrogen-bond acceptors (Lipinski definition) is 3. The summed E-state index contributed by atoms with van der Waals surface area (Å²) in [6.45, 7) is 0.363. The minimum absolute atomic E-state index is 0.300. The number of benzene rings is 2. The van der Waals surface area contributed by atoms with Crippen LogP contribution in [0.4, 0.5) is 4.39 Å². The number of carbonyl (C=O) groups excluding carboxylic acids is 2. The van der Waals surface area contributed by atoms with Crippen molar-refractivity contribution in [2.45, 2.75) is 18.9 Å². The van der Waals surface area contributed by atoms with Crippen molar-refractivity contribution >= 4 is 38.7 Å². The van der Waals surface area contributed by atoms with Crippen molar-refractivity contribution in [3.8, 4) is 0 Å². The summed E-state index contributed by atoms with van der Waals surface area (Å²) in [7, 11) is 0. The van der Waals surface area contributed by atoms with Crippen molar-refractivity contribution in [3.05, 3.63) is 69.6 Å². The van der Waals surface area contributed by atoms with Gasteiger partial charge in [0, 0.05) is 34.5 Å². The number of ether oxygens (including phenoxy) is 1. The van der Waals surface area contributed by atoms with E-state index in [0.717, 1.165) is 26.5 Å². The number of amides is 1. The lowest BCUT2D eigenvalue weighted by Crippen LogP contribution is -2.42. The zero-order valence-corrected chi connectivity index (χ0v) is 15.8. The van der Waals surface area contributed by atoms with Crippen LogP contribution in [0.1, 0.15) is 21.5 Å². The molecule has 1 atom stereocenters. The fourth-order valence-electron chi connectivity index (χ4n) is 3.30. The van der Waals surface area contributed by atoms with Gasteiger partial charge in [0.05, 0.1) is 5.56 Å². The minimum atomic E-state index is -0.847. The Morgan fingerprint density at radius 1 is 1.30 bits per heavy atom. The van der Waals surface area contributed by atoms with Crippen LogP contribution in [0, 0.1) is 5.82 Å². The monoisotopic (exact) mass is 430 g/mol. The molecular formula is C20H16BrFN2O3. The van der Waals surface area contributed by atoms with E-state index in [1.165, 1.54) is 12.1 Å². The van der Waals surface area contributed by atoms with E-state index in [0.29, 0.717) is 24.9 Å². The Labute approximate surface area is 163 Å². The summed E-state index contributed by atoms with van der Waals surface area (Å²) in [4.78, 5) is 27.6. The van der Waals surface area contributed by atoms with Gasteiger partial charge in [-0.15, -0.1) is 0 Å². The van der Waals surface area contributed by atoms with Crippen LogP contribution < -0.4 is 5.32 Å². The molecule has 1 aliphatic heterocycles. The number of cyclic esters (lactones) is 1. The molecule has 0 saturated heterocycles. The quantitative estimate of drug-likeness (QED) is 0.622. The van der Waals surface area contributed by atoms with E-state index in [4.69, 9.17) is 4.74 Å². The molecule has 2 heterocycles. The molecule has 3 aromatic rings. The largest absolute Gasteiger partial charge is 0.448 e. The number of H-pyrrole nitrogens is 1. The molecule has 138 valence electrons. The van der Waals surface area contributed by atoms with Crippen LogP contribution in [0.5, 0.6) is 0 Å². The van der Waals surface area contributed by atoms with Gasteiger partial charge in [-0.1, -0.05) is 15.9 Å². The van der Waals surface area contributed by atoms with Gasteiger partial charge in [-0.2, -0.15) is 0 Å². The van der Waals surface area contributed by atoms with Crippen molar-refractivity contribution < 1.29 is 18.7 Å². The number of nitrogens with one attached hydrogen (secondary N) is 2. The van der Waals surface area contributed by atoms with Crippen LogP contribution in [0.15, 0.2) is 47.1 Å². The molecule has 0 saturated carbocycles. The molecule has 5 nitrogen and oxygen atoms in total. The number of aromatic nitrogens is 1. The molecule has 1 aromatic heterocycles. The molecule has 0 fully saturated rings. The van der Waals surface area contributed by atoms with Gasteiger partial charge in [-0.25, -0.2) is 9.18 Å². The molecule has 2 aromatic carbocycles. The van der Waals surface area contributed by atoms with Gasteiger partial charge in [0.15, 0.2) is 6.10 Å². The zero-order chi connectivity index (χ0) is 19.0. The van der Waals surface area contributed by atoms with Crippen LogP contribution in [0.3, 0.4) is 0 Å². The fraction of sp³-hybridized carbons (Fsp3) is 0.200. The number of aromatic amines is 1. The number of fused-ring (bicyclic) bond motifs is 2. The molecule has 7 heteroatoms. The lowest BCUT2D eigenvalue weighted by molar-refractivity contribution is -0.130. The average molecular weight is 431 g/mol.